The van der Waals surface area contributed by atoms with E-state index in [0.29, 0.717) is 0 Å². The molecule has 0 aliphatic rings. The Bertz CT molecular complexity index is 448. The average molecular weight is 244 g/mol. The van der Waals surface area contributed by atoms with Crippen molar-refractivity contribution in [2.75, 3.05) is 0 Å². The van der Waals surface area contributed by atoms with Crippen molar-refractivity contribution in [3.05, 3.63) is 35.1 Å². The van der Waals surface area contributed by atoms with Crippen LogP contribution in [0.4, 0.5) is 13.2 Å². The fourth-order valence-electron chi connectivity index (χ4n) is 1.12. The molecule has 0 aliphatic carbocycles. The fourth-order valence-corrected chi connectivity index (χ4v) is 1.12. The monoisotopic (exact) mass is 244 g/mol. The molecule has 1 aromatic carbocycles. The van der Waals surface area contributed by atoms with Gasteiger partial charge in [-0.15, -0.1) is 0 Å². The maximum absolute atomic E-state index is 13.4. The molecule has 2 nitrogen and oxygen atoms in total. The van der Waals surface area contributed by atoms with Crippen LogP contribution in [0, 0.1) is 17.5 Å². The molecule has 0 atom stereocenters. The van der Waals surface area contributed by atoms with E-state index < -0.39 is 17.5 Å². The summed E-state index contributed by atoms with van der Waals surface area (Å²) in [6, 6.07) is 2.04. The zero-order chi connectivity index (χ0) is 13.2. The Hall–Kier alpha value is -1.52. The molecule has 0 aliphatic heterocycles. The van der Waals surface area contributed by atoms with Gasteiger partial charge in [0, 0.05) is 11.1 Å². The smallest absolute Gasteiger partial charge is 0.195 e. The molecular weight excluding hydrogens is 229 g/mol. The van der Waals surface area contributed by atoms with Crippen LogP contribution in [0.15, 0.2) is 17.2 Å². The Labute approximate surface area is 98.5 Å². The summed E-state index contributed by atoms with van der Waals surface area (Å²) in [7, 11) is 0. The molecule has 0 unspecified atom stereocenters. The van der Waals surface area contributed by atoms with Crippen LogP contribution in [0.25, 0.3) is 0 Å². The second-order valence-electron chi connectivity index (χ2n) is 4.78. The first-order valence-corrected chi connectivity index (χ1v) is 5.17. The first-order chi connectivity index (χ1) is 7.72. The molecule has 0 fully saturated rings. The van der Waals surface area contributed by atoms with Crippen molar-refractivity contribution in [3.8, 4) is 0 Å². The molecule has 0 spiro atoms. The zero-order valence-electron chi connectivity index (χ0n) is 10.2. The molecule has 0 saturated heterocycles. The van der Waals surface area contributed by atoms with Crippen LogP contribution in [0.1, 0.15) is 33.3 Å². The van der Waals surface area contributed by atoms with E-state index in [9.17, 15) is 13.2 Å². The quantitative estimate of drug-likeness (QED) is 0.482. The number of hydrazone groups is 1. The van der Waals surface area contributed by atoms with Gasteiger partial charge in [0.1, 0.15) is 0 Å². The number of hydrogen-bond acceptors (Lipinski definition) is 2. The SMILES string of the molecule is C/C(=N/NC(C)(C)C)c1ccc(F)c(F)c1F. The highest BCUT2D eigenvalue weighted by Crippen LogP contribution is 2.16. The Morgan fingerprint density at radius 2 is 1.71 bits per heavy atom. The van der Waals surface area contributed by atoms with E-state index in [4.69, 9.17) is 0 Å². The summed E-state index contributed by atoms with van der Waals surface area (Å²) in [4.78, 5) is 0. The van der Waals surface area contributed by atoms with Crippen LogP contribution in [-0.4, -0.2) is 11.3 Å². The lowest BCUT2D eigenvalue weighted by atomic mass is 10.1. The second kappa shape index (κ2) is 4.77. The molecule has 1 rings (SSSR count). The van der Waals surface area contributed by atoms with Crippen LogP contribution in [-0.2, 0) is 0 Å². The van der Waals surface area contributed by atoms with Crippen molar-refractivity contribution in [3.63, 3.8) is 0 Å². The Morgan fingerprint density at radius 3 is 2.24 bits per heavy atom. The van der Waals surface area contributed by atoms with Crippen molar-refractivity contribution in [2.24, 2.45) is 5.10 Å². The number of nitrogens with one attached hydrogen (secondary N) is 1. The van der Waals surface area contributed by atoms with Gasteiger partial charge in [-0.3, -0.25) is 0 Å². The van der Waals surface area contributed by atoms with Gasteiger partial charge in [0.05, 0.1) is 5.71 Å². The van der Waals surface area contributed by atoms with Gasteiger partial charge in [-0.2, -0.15) is 5.10 Å². The maximum atomic E-state index is 13.4. The largest absolute Gasteiger partial charge is 0.305 e. The minimum atomic E-state index is -1.48. The predicted molar refractivity (Wildman–Crippen MR) is 61.4 cm³/mol. The summed E-state index contributed by atoms with van der Waals surface area (Å²) in [6.45, 7) is 7.16. The second-order valence-corrected chi connectivity index (χ2v) is 4.78. The molecule has 17 heavy (non-hydrogen) atoms. The van der Waals surface area contributed by atoms with Gasteiger partial charge in [-0.05, 0) is 39.8 Å². The van der Waals surface area contributed by atoms with E-state index >= 15 is 0 Å². The van der Waals surface area contributed by atoms with Crippen LogP contribution < -0.4 is 5.43 Å². The van der Waals surface area contributed by atoms with E-state index in [1.54, 1.807) is 0 Å². The van der Waals surface area contributed by atoms with Gasteiger partial charge in [-0.25, -0.2) is 13.2 Å². The minimum Gasteiger partial charge on any atom is -0.305 e. The Kier molecular flexibility index (Phi) is 3.80. The van der Waals surface area contributed by atoms with Gasteiger partial charge < -0.3 is 5.43 Å². The van der Waals surface area contributed by atoms with Crippen molar-refractivity contribution < 1.29 is 13.2 Å². The Balaban J connectivity index is 3.05. The highest BCUT2D eigenvalue weighted by atomic mass is 19.2. The summed E-state index contributed by atoms with van der Waals surface area (Å²) >= 11 is 0. The van der Waals surface area contributed by atoms with Crippen molar-refractivity contribution in [1.29, 1.82) is 0 Å². The number of nitrogens with zero attached hydrogens (tertiary/aromatic N) is 1. The molecule has 0 heterocycles. The molecule has 0 saturated carbocycles. The average Bonchev–Trinajstić information content (AvgIpc) is 2.22. The number of hydrogen-bond donors (Lipinski definition) is 1. The van der Waals surface area contributed by atoms with Gasteiger partial charge in [-0.1, -0.05) is 0 Å². The molecule has 1 N–H and O–H groups in total. The van der Waals surface area contributed by atoms with Crippen LogP contribution in [0.2, 0.25) is 0 Å². The van der Waals surface area contributed by atoms with Gasteiger partial charge in [0.25, 0.3) is 0 Å². The van der Waals surface area contributed by atoms with E-state index in [1.165, 1.54) is 6.92 Å². The van der Waals surface area contributed by atoms with Gasteiger partial charge in [0.2, 0.25) is 0 Å². The topological polar surface area (TPSA) is 24.4 Å². The van der Waals surface area contributed by atoms with Crippen molar-refractivity contribution >= 4 is 5.71 Å². The molecule has 0 radical (unpaired) electrons. The van der Waals surface area contributed by atoms with E-state index in [-0.39, 0.29) is 16.8 Å². The standard InChI is InChI=1S/C12H15F3N2/c1-7(16-17-12(2,3)4)8-5-6-9(13)11(15)10(8)14/h5-6,17H,1-4H3/b16-7-. The summed E-state index contributed by atoms with van der Waals surface area (Å²) in [6.07, 6.45) is 0. The van der Waals surface area contributed by atoms with E-state index in [2.05, 4.69) is 10.5 Å². The van der Waals surface area contributed by atoms with Crippen LogP contribution in [0.5, 0.6) is 0 Å². The summed E-state index contributed by atoms with van der Waals surface area (Å²) < 4.78 is 39.1. The highest BCUT2D eigenvalue weighted by Gasteiger charge is 2.15. The normalized spacial score (nSPS) is 12.8. The van der Waals surface area contributed by atoms with E-state index in [0.717, 1.165) is 12.1 Å². The summed E-state index contributed by atoms with van der Waals surface area (Å²) in [5.41, 5.74) is 2.71. The molecule has 0 aromatic heterocycles. The molecule has 0 amide bonds. The Morgan fingerprint density at radius 1 is 1.12 bits per heavy atom. The third-order valence-corrected chi connectivity index (χ3v) is 1.98. The third-order valence-electron chi connectivity index (χ3n) is 1.98. The maximum Gasteiger partial charge on any atom is 0.195 e. The predicted octanol–water partition coefficient (Wildman–Crippen LogP) is 3.22. The fraction of sp³-hybridized carbons (Fsp3) is 0.417. The molecule has 0 bridgehead atoms. The van der Waals surface area contributed by atoms with Crippen molar-refractivity contribution in [2.45, 2.75) is 33.2 Å². The lowest BCUT2D eigenvalue weighted by Gasteiger charge is -2.18. The third kappa shape index (κ3) is 3.47. The summed E-state index contributed by atoms with van der Waals surface area (Å²) in [5.74, 6) is -3.91. The minimum absolute atomic E-state index is 0.0550. The summed E-state index contributed by atoms with van der Waals surface area (Å²) in [5, 5.41) is 3.93. The van der Waals surface area contributed by atoms with Gasteiger partial charge >= 0.3 is 0 Å². The number of rotatable bonds is 2. The van der Waals surface area contributed by atoms with Crippen LogP contribution in [0.3, 0.4) is 0 Å². The lowest BCUT2D eigenvalue weighted by molar-refractivity contribution is 0.438. The van der Waals surface area contributed by atoms with Crippen molar-refractivity contribution in [1.82, 2.24) is 5.43 Å². The molecule has 1 aromatic rings. The molecule has 94 valence electrons. The molecular formula is C12H15F3N2. The van der Waals surface area contributed by atoms with Gasteiger partial charge in [0.15, 0.2) is 17.5 Å². The highest BCUT2D eigenvalue weighted by molar-refractivity contribution is 5.98. The van der Waals surface area contributed by atoms with E-state index in [1.807, 2.05) is 20.8 Å². The number of benzene rings is 1. The van der Waals surface area contributed by atoms with Crippen LogP contribution >= 0.6 is 0 Å². The number of halogens is 3. The lowest BCUT2D eigenvalue weighted by Crippen LogP contribution is -2.32. The zero-order valence-corrected chi connectivity index (χ0v) is 10.2. The first kappa shape index (κ1) is 13.5. The first-order valence-electron chi connectivity index (χ1n) is 5.17. The molecule has 5 heteroatoms.